The monoisotopic (exact) mass is 262 g/mol. The molecule has 0 aromatic heterocycles. The minimum absolute atomic E-state index is 0.191. The number of ketones is 1. The molecule has 0 atom stereocenters. The van der Waals surface area contributed by atoms with Crippen LogP contribution in [0.2, 0.25) is 0 Å². The zero-order valence-corrected chi connectivity index (χ0v) is 11.7. The second kappa shape index (κ2) is 5.74. The number of hydrogen-bond donors (Lipinski definition) is 1. The fourth-order valence-electron chi connectivity index (χ4n) is 2.65. The smallest absolute Gasteiger partial charge is 0.198 e. The molecule has 0 aliphatic heterocycles. The van der Waals surface area contributed by atoms with Crippen LogP contribution in [0.5, 0.6) is 5.75 Å². The Balaban J connectivity index is 2.24. The summed E-state index contributed by atoms with van der Waals surface area (Å²) in [6.45, 7) is 4.57. The number of aliphatic hydroxyl groups is 1. The number of carbonyl (C=O) groups excluding carboxylic acids is 1. The van der Waals surface area contributed by atoms with E-state index in [1.807, 2.05) is 19.1 Å². The fourth-order valence-corrected chi connectivity index (χ4v) is 2.65. The molecule has 0 saturated heterocycles. The molecule has 0 unspecified atom stereocenters. The van der Waals surface area contributed by atoms with Gasteiger partial charge in [0.15, 0.2) is 5.78 Å². The Morgan fingerprint density at radius 2 is 2.00 bits per heavy atom. The summed E-state index contributed by atoms with van der Waals surface area (Å²) >= 11 is 0. The van der Waals surface area contributed by atoms with Crippen LogP contribution < -0.4 is 4.74 Å². The van der Waals surface area contributed by atoms with Gasteiger partial charge in [-0.05, 0) is 50.7 Å². The van der Waals surface area contributed by atoms with Crippen molar-refractivity contribution >= 4 is 5.78 Å². The van der Waals surface area contributed by atoms with Crippen LogP contribution in [-0.4, -0.2) is 23.1 Å². The second-order valence-corrected chi connectivity index (χ2v) is 5.47. The average molecular weight is 262 g/mol. The molecule has 0 bridgehead atoms. The van der Waals surface area contributed by atoms with Crippen molar-refractivity contribution in [1.82, 2.24) is 0 Å². The van der Waals surface area contributed by atoms with Crippen LogP contribution >= 0.6 is 0 Å². The first kappa shape index (κ1) is 14.1. The third kappa shape index (κ3) is 2.98. The third-order valence-electron chi connectivity index (χ3n) is 3.96. The van der Waals surface area contributed by atoms with E-state index in [4.69, 9.17) is 4.74 Å². The minimum Gasteiger partial charge on any atom is -0.493 e. The Morgan fingerprint density at radius 1 is 1.37 bits per heavy atom. The molecule has 0 radical (unpaired) electrons. The predicted octanol–water partition coefficient (Wildman–Crippen LogP) is 3.21. The van der Waals surface area contributed by atoms with E-state index >= 15 is 0 Å². The van der Waals surface area contributed by atoms with Gasteiger partial charge in [-0.15, -0.1) is 0 Å². The summed E-state index contributed by atoms with van der Waals surface area (Å²) in [5.41, 5.74) is -0.707. The highest BCUT2D eigenvalue weighted by molar-refractivity contribution is 6.04. The van der Waals surface area contributed by atoms with Crippen LogP contribution in [0.25, 0.3) is 0 Å². The van der Waals surface area contributed by atoms with Crippen LogP contribution in [0.4, 0.5) is 0 Å². The SMILES string of the molecule is CCOc1ccccc1C(=O)C1(O)CCC(C)CC1. The van der Waals surface area contributed by atoms with Crippen LogP contribution in [0, 0.1) is 5.92 Å². The van der Waals surface area contributed by atoms with Crippen molar-refractivity contribution in [3.63, 3.8) is 0 Å². The highest BCUT2D eigenvalue weighted by Crippen LogP contribution is 2.36. The molecule has 1 aromatic carbocycles. The Hall–Kier alpha value is -1.35. The molecule has 1 aliphatic rings. The van der Waals surface area contributed by atoms with Crippen LogP contribution in [-0.2, 0) is 0 Å². The number of Topliss-reactive ketones (excluding diaryl/α,β-unsaturated/α-hetero) is 1. The maximum atomic E-state index is 12.6. The van der Waals surface area contributed by atoms with Gasteiger partial charge in [-0.2, -0.15) is 0 Å². The van der Waals surface area contributed by atoms with Crippen LogP contribution in [0.15, 0.2) is 24.3 Å². The first-order valence-corrected chi connectivity index (χ1v) is 7.06. The Kier molecular flexibility index (Phi) is 4.25. The van der Waals surface area contributed by atoms with Gasteiger partial charge >= 0.3 is 0 Å². The molecule has 1 N–H and O–H groups in total. The highest BCUT2D eigenvalue weighted by atomic mass is 16.5. The van der Waals surface area contributed by atoms with E-state index < -0.39 is 5.60 Å². The Bertz CT molecular complexity index is 445. The molecule has 3 heteroatoms. The number of benzene rings is 1. The molecule has 2 rings (SSSR count). The lowest BCUT2D eigenvalue weighted by Gasteiger charge is -2.33. The summed E-state index contributed by atoms with van der Waals surface area (Å²) in [6.07, 6.45) is 2.90. The first-order chi connectivity index (χ1) is 9.07. The van der Waals surface area contributed by atoms with Crippen molar-refractivity contribution in [3.8, 4) is 5.75 Å². The fraction of sp³-hybridized carbons (Fsp3) is 0.562. The molecule has 1 saturated carbocycles. The summed E-state index contributed by atoms with van der Waals surface area (Å²) in [7, 11) is 0. The van der Waals surface area contributed by atoms with Gasteiger partial charge in [0.2, 0.25) is 0 Å². The summed E-state index contributed by atoms with van der Waals surface area (Å²) in [5.74, 6) is 0.973. The lowest BCUT2D eigenvalue weighted by atomic mass is 9.75. The third-order valence-corrected chi connectivity index (χ3v) is 3.96. The molecular formula is C16H22O3. The molecule has 0 amide bonds. The maximum absolute atomic E-state index is 12.6. The Morgan fingerprint density at radius 3 is 2.63 bits per heavy atom. The van der Waals surface area contributed by atoms with Gasteiger partial charge < -0.3 is 9.84 Å². The first-order valence-electron chi connectivity index (χ1n) is 7.06. The number of ether oxygens (including phenoxy) is 1. The maximum Gasteiger partial charge on any atom is 0.198 e. The van der Waals surface area contributed by atoms with E-state index in [1.54, 1.807) is 12.1 Å². The molecule has 0 spiro atoms. The van der Waals surface area contributed by atoms with Gasteiger partial charge in [-0.3, -0.25) is 4.79 Å². The van der Waals surface area contributed by atoms with Crippen LogP contribution in [0.3, 0.4) is 0 Å². The lowest BCUT2D eigenvalue weighted by Crippen LogP contribution is -2.42. The van der Waals surface area contributed by atoms with Crippen molar-refractivity contribution < 1.29 is 14.6 Å². The standard InChI is InChI=1S/C16H22O3/c1-3-19-14-7-5-4-6-13(14)15(17)16(18)10-8-12(2)9-11-16/h4-7,12,18H,3,8-11H2,1-2H3. The summed E-state index contributed by atoms with van der Waals surface area (Å²) in [6, 6.07) is 7.17. The van der Waals surface area contributed by atoms with Crippen molar-refractivity contribution in [2.75, 3.05) is 6.61 Å². The molecule has 19 heavy (non-hydrogen) atoms. The zero-order chi connectivity index (χ0) is 13.9. The topological polar surface area (TPSA) is 46.5 Å². The lowest BCUT2D eigenvalue weighted by molar-refractivity contribution is 0.00400. The summed E-state index contributed by atoms with van der Waals surface area (Å²) in [4.78, 5) is 12.6. The second-order valence-electron chi connectivity index (χ2n) is 5.47. The molecule has 3 nitrogen and oxygen atoms in total. The highest BCUT2D eigenvalue weighted by Gasteiger charge is 2.40. The van der Waals surface area contributed by atoms with Crippen molar-refractivity contribution in [3.05, 3.63) is 29.8 Å². The van der Waals surface area contributed by atoms with Crippen molar-refractivity contribution in [1.29, 1.82) is 0 Å². The molecule has 0 heterocycles. The quantitative estimate of drug-likeness (QED) is 0.847. The van der Waals surface area contributed by atoms with E-state index in [2.05, 4.69) is 6.92 Å². The number of para-hydroxylation sites is 1. The van der Waals surface area contributed by atoms with Crippen molar-refractivity contribution in [2.45, 2.75) is 45.1 Å². The van der Waals surface area contributed by atoms with Crippen LogP contribution in [0.1, 0.15) is 49.9 Å². The number of carbonyl (C=O) groups is 1. The molecular weight excluding hydrogens is 240 g/mol. The molecule has 104 valence electrons. The van der Waals surface area contributed by atoms with Gasteiger partial charge in [0.05, 0.1) is 12.2 Å². The van der Waals surface area contributed by atoms with E-state index in [0.717, 1.165) is 12.8 Å². The molecule has 1 fully saturated rings. The van der Waals surface area contributed by atoms with E-state index in [-0.39, 0.29) is 5.78 Å². The summed E-state index contributed by atoms with van der Waals surface area (Å²) in [5, 5.41) is 10.6. The van der Waals surface area contributed by atoms with E-state index in [9.17, 15) is 9.90 Å². The van der Waals surface area contributed by atoms with Gasteiger partial charge in [0.1, 0.15) is 11.4 Å². The number of rotatable bonds is 4. The number of hydrogen-bond acceptors (Lipinski definition) is 3. The van der Waals surface area contributed by atoms with E-state index in [0.29, 0.717) is 36.7 Å². The van der Waals surface area contributed by atoms with Gasteiger partial charge in [-0.25, -0.2) is 0 Å². The van der Waals surface area contributed by atoms with Gasteiger partial charge in [-0.1, -0.05) is 19.1 Å². The Labute approximate surface area is 114 Å². The zero-order valence-electron chi connectivity index (χ0n) is 11.7. The van der Waals surface area contributed by atoms with Gasteiger partial charge in [0.25, 0.3) is 0 Å². The minimum atomic E-state index is -1.21. The predicted molar refractivity (Wildman–Crippen MR) is 74.5 cm³/mol. The largest absolute Gasteiger partial charge is 0.493 e. The molecule has 1 aromatic rings. The van der Waals surface area contributed by atoms with Crippen molar-refractivity contribution in [2.24, 2.45) is 5.92 Å². The van der Waals surface area contributed by atoms with Gasteiger partial charge in [0, 0.05) is 0 Å². The van der Waals surface area contributed by atoms with E-state index in [1.165, 1.54) is 0 Å². The normalized spacial score (nSPS) is 27.0. The summed E-state index contributed by atoms with van der Waals surface area (Å²) < 4.78 is 5.48. The molecule has 1 aliphatic carbocycles. The average Bonchev–Trinajstić information content (AvgIpc) is 2.43.